The summed E-state index contributed by atoms with van der Waals surface area (Å²) in [5.74, 6) is -0.316. The number of sulfonamides is 1. The van der Waals surface area contributed by atoms with Crippen molar-refractivity contribution in [2.45, 2.75) is 24.7 Å². The van der Waals surface area contributed by atoms with Gasteiger partial charge < -0.3 is 9.47 Å². The van der Waals surface area contributed by atoms with Crippen LogP contribution in [0.4, 0.5) is 5.69 Å². The molecule has 0 saturated carbocycles. The number of nitro groups is 1. The Morgan fingerprint density at radius 2 is 1.94 bits per heavy atom. The number of pyridine rings is 1. The van der Waals surface area contributed by atoms with Crippen molar-refractivity contribution in [3.05, 3.63) is 68.1 Å². The molecule has 11 heteroatoms. The lowest BCUT2D eigenvalue weighted by atomic mass is 9.97. The van der Waals surface area contributed by atoms with Crippen LogP contribution in [0.2, 0.25) is 0 Å². The molecule has 0 unspecified atom stereocenters. The van der Waals surface area contributed by atoms with Crippen LogP contribution in [0.3, 0.4) is 0 Å². The number of benzene rings is 1. The lowest BCUT2D eigenvalue weighted by molar-refractivity contribution is -0.385. The number of rotatable bonds is 6. The molecule has 1 N–H and O–H groups in total. The first-order chi connectivity index (χ1) is 14.6. The van der Waals surface area contributed by atoms with Gasteiger partial charge in [0.1, 0.15) is 5.56 Å². The van der Waals surface area contributed by atoms with Crippen LogP contribution in [0.15, 0.2) is 46.2 Å². The van der Waals surface area contributed by atoms with Crippen LogP contribution in [0, 0.1) is 23.0 Å². The Hall–Kier alpha value is -3.05. The molecule has 1 aromatic carbocycles. The summed E-state index contributed by atoms with van der Waals surface area (Å²) in [6, 6.07) is 6.88. The number of aromatic nitrogens is 1. The highest BCUT2D eigenvalue weighted by Gasteiger charge is 2.27. The van der Waals surface area contributed by atoms with E-state index in [1.165, 1.54) is 22.8 Å². The molecule has 2 aromatic rings. The van der Waals surface area contributed by atoms with Gasteiger partial charge in [-0.25, -0.2) is 13.1 Å². The first kappa shape index (κ1) is 22.6. The molecule has 3 rings (SSSR count). The summed E-state index contributed by atoms with van der Waals surface area (Å²) < 4.78 is 29.2. The molecule has 1 aliphatic rings. The van der Waals surface area contributed by atoms with Gasteiger partial charge in [0.2, 0.25) is 10.0 Å². The zero-order valence-electron chi connectivity index (χ0n) is 17.3. The highest BCUT2D eigenvalue weighted by atomic mass is 32.2. The molecule has 1 aromatic heterocycles. The molecule has 1 aliphatic heterocycles. The maximum Gasteiger partial charge on any atom is 0.270 e. The Morgan fingerprint density at radius 1 is 1.26 bits per heavy atom. The van der Waals surface area contributed by atoms with Crippen molar-refractivity contribution in [3.63, 3.8) is 0 Å². The third kappa shape index (κ3) is 5.00. The number of carbonyl (C=O) groups is 1. The normalized spacial score (nSPS) is 15.1. The number of likely N-dealkylation sites (tertiary alicyclic amines) is 1. The molecule has 0 aliphatic carbocycles. The third-order valence-corrected chi connectivity index (χ3v) is 7.06. The van der Waals surface area contributed by atoms with Crippen molar-refractivity contribution in [2.24, 2.45) is 13.0 Å². The average molecular weight is 449 g/mol. The Balaban J connectivity index is 1.61. The van der Waals surface area contributed by atoms with Gasteiger partial charge in [-0.15, -0.1) is 0 Å². The fourth-order valence-electron chi connectivity index (χ4n) is 3.57. The SMILES string of the molecule is Cc1ccc([N+](=O)[O-])cc1S(=O)(=O)NCC1CCN(C(=O)c2cccn(C)c2=O)CC1. The van der Waals surface area contributed by atoms with Crippen LogP contribution in [0.5, 0.6) is 0 Å². The number of nitrogens with one attached hydrogen (secondary N) is 1. The summed E-state index contributed by atoms with van der Waals surface area (Å²) in [7, 11) is -2.32. The minimum Gasteiger partial charge on any atom is -0.338 e. The van der Waals surface area contributed by atoms with Gasteiger partial charge in [0, 0.05) is 45.0 Å². The monoisotopic (exact) mass is 448 g/mol. The van der Waals surface area contributed by atoms with Gasteiger partial charge in [-0.2, -0.15) is 0 Å². The van der Waals surface area contributed by atoms with Gasteiger partial charge in [0.15, 0.2) is 0 Å². The molecule has 31 heavy (non-hydrogen) atoms. The lowest BCUT2D eigenvalue weighted by Crippen LogP contribution is -2.43. The summed E-state index contributed by atoms with van der Waals surface area (Å²) in [6.07, 6.45) is 2.74. The maximum absolute atomic E-state index is 12.7. The van der Waals surface area contributed by atoms with Crippen molar-refractivity contribution < 1.29 is 18.1 Å². The summed E-state index contributed by atoms with van der Waals surface area (Å²) in [5, 5.41) is 11.0. The predicted octanol–water partition coefficient (Wildman–Crippen LogP) is 1.43. The number of amides is 1. The van der Waals surface area contributed by atoms with Crippen LogP contribution >= 0.6 is 0 Å². The molecule has 2 heterocycles. The number of hydrogen-bond donors (Lipinski definition) is 1. The van der Waals surface area contributed by atoms with E-state index in [-0.39, 0.29) is 40.1 Å². The second-order valence-electron chi connectivity index (χ2n) is 7.63. The van der Waals surface area contributed by atoms with E-state index in [1.807, 2.05) is 0 Å². The lowest BCUT2D eigenvalue weighted by Gasteiger charge is -2.32. The summed E-state index contributed by atoms with van der Waals surface area (Å²) in [4.78, 5) is 36.6. The number of nitrogens with zero attached hydrogens (tertiary/aromatic N) is 3. The van der Waals surface area contributed by atoms with Gasteiger partial charge in [-0.05, 0) is 43.4 Å². The van der Waals surface area contributed by atoms with Crippen molar-refractivity contribution in [1.29, 1.82) is 0 Å². The van der Waals surface area contributed by atoms with Crippen LogP contribution in [0.25, 0.3) is 0 Å². The van der Waals surface area contributed by atoms with Crippen LogP contribution < -0.4 is 10.3 Å². The molecule has 1 saturated heterocycles. The molecular formula is C20H24N4O6S. The number of nitro benzene ring substituents is 1. The number of aryl methyl sites for hydroxylation is 2. The second-order valence-corrected chi connectivity index (χ2v) is 9.37. The fraction of sp³-hybridized carbons (Fsp3) is 0.400. The molecule has 166 valence electrons. The van der Waals surface area contributed by atoms with Crippen molar-refractivity contribution in [1.82, 2.24) is 14.2 Å². The van der Waals surface area contributed by atoms with Gasteiger partial charge in [-0.1, -0.05) is 6.07 Å². The molecule has 10 nitrogen and oxygen atoms in total. The van der Waals surface area contributed by atoms with E-state index in [9.17, 15) is 28.1 Å². The first-order valence-electron chi connectivity index (χ1n) is 9.80. The zero-order chi connectivity index (χ0) is 22.8. The average Bonchev–Trinajstić information content (AvgIpc) is 2.74. The number of non-ortho nitro benzene ring substituents is 1. The first-order valence-corrected chi connectivity index (χ1v) is 11.3. The van der Waals surface area contributed by atoms with Crippen molar-refractivity contribution >= 4 is 21.6 Å². The molecule has 0 bridgehead atoms. The predicted molar refractivity (Wildman–Crippen MR) is 113 cm³/mol. The Kier molecular flexibility index (Phi) is 6.56. The van der Waals surface area contributed by atoms with E-state index >= 15 is 0 Å². The number of carbonyl (C=O) groups excluding carboxylic acids is 1. The minimum atomic E-state index is -3.91. The molecule has 1 amide bonds. The summed E-state index contributed by atoms with van der Waals surface area (Å²) in [5.41, 5.74) is -0.104. The van der Waals surface area contributed by atoms with E-state index in [0.717, 1.165) is 6.07 Å². The highest BCUT2D eigenvalue weighted by Crippen LogP contribution is 2.23. The largest absolute Gasteiger partial charge is 0.338 e. The fourth-order valence-corrected chi connectivity index (χ4v) is 4.95. The number of hydrogen-bond acceptors (Lipinski definition) is 6. The number of piperidine rings is 1. The summed E-state index contributed by atoms with van der Waals surface area (Å²) in [6.45, 7) is 2.58. The maximum atomic E-state index is 12.7. The molecule has 0 spiro atoms. The van der Waals surface area contributed by atoms with Crippen molar-refractivity contribution in [3.8, 4) is 0 Å². The quantitative estimate of drug-likeness (QED) is 0.525. The molecule has 1 fully saturated rings. The smallest absolute Gasteiger partial charge is 0.270 e. The molecular weight excluding hydrogens is 424 g/mol. The zero-order valence-corrected chi connectivity index (χ0v) is 18.1. The van der Waals surface area contributed by atoms with E-state index in [0.29, 0.717) is 31.5 Å². The van der Waals surface area contributed by atoms with Crippen LogP contribution in [-0.4, -0.2) is 48.3 Å². The Morgan fingerprint density at radius 3 is 2.58 bits per heavy atom. The third-order valence-electron chi connectivity index (χ3n) is 5.49. The van der Waals surface area contributed by atoms with Gasteiger partial charge in [0.25, 0.3) is 17.2 Å². The van der Waals surface area contributed by atoms with Crippen LogP contribution in [-0.2, 0) is 17.1 Å². The minimum absolute atomic E-state index is 0.0106. The Bertz CT molecular complexity index is 1170. The highest BCUT2D eigenvalue weighted by molar-refractivity contribution is 7.89. The second kappa shape index (κ2) is 8.98. The van der Waals surface area contributed by atoms with E-state index in [2.05, 4.69) is 4.72 Å². The topological polar surface area (TPSA) is 132 Å². The van der Waals surface area contributed by atoms with E-state index in [1.54, 1.807) is 31.1 Å². The Labute approximate surface area is 179 Å². The van der Waals surface area contributed by atoms with Gasteiger partial charge in [-0.3, -0.25) is 19.7 Å². The van der Waals surface area contributed by atoms with Gasteiger partial charge >= 0.3 is 0 Å². The van der Waals surface area contributed by atoms with Gasteiger partial charge in [0.05, 0.1) is 9.82 Å². The standard InChI is InChI=1S/C20H24N4O6S/c1-14-5-6-16(24(27)28)12-18(14)31(29,30)21-13-15-7-10-23(11-8-15)20(26)17-4-3-9-22(2)19(17)25/h3-6,9,12,15,21H,7-8,10-11,13H2,1-2H3. The van der Waals surface area contributed by atoms with E-state index in [4.69, 9.17) is 0 Å². The summed E-state index contributed by atoms with van der Waals surface area (Å²) >= 11 is 0. The van der Waals surface area contributed by atoms with E-state index < -0.39 is 14.9 Å². The molecule has 0 radical (unpaired) electrons. The van der Waals surface area contributed by atoms with Crippen molar-refractivity contribution in [2.75, 3.05) is 19.6 Å². The molecule has 0 atom stereocenters. The van der Waals surface area contributed by atoms with Crippen LogP contribution in [0.1, 0.15) is 28.8 Å².